The van der Waals surface area contributed by atoms with Crippen LogP contribution in [0.2, 0.25) is 0 Å². The van der Waals surface area contributed by atoms with Gasteiger partial charge in [0.2, 0.25) is 5.91 Å². The molecule has 0 radical (unpaired) electrons. The Hall–Kier alpha value is -0.960. The summed E-state index contributed by atoms with van der Waals surface area (Å²) in [6, 6.07) is -0.211. The zero-order chi connectivity index (χ0) is 14.2. The fourth-order valence-electron chi connectivity index (χ4n) is 1.00. The maximum Gasteiger partial charge on any atom is 0.397 e. The Balaban J connectivity index is 0. The van der Waals surface area contributed by atoms with Crippen molar-refractivity contribution < 1.29 is 21.9 Å². The van der Waals surface area contributed by atoms with Crippen LogP contribution in [-0.2, 0) is 19.4 Å². The second-order valence-electron chi connectivity index (χ2n) is 3.39. The van der Waals surface area contributed by atoms with Gasteiger partial charge in [0.25, 0.3) is 0 Å². The normalized spacial score (nSPS) is 12.1. The second-order valence-corrected chi connectivity index (χ2v) is 4.58. The van der Waals surface area contributed by atoms with Gasteiger partial charge in [0.15, 0.2) is 0 Å². The van der Waals surface area contributed by atoms with Crippen LogP contribution in [0.5, 0.6) is 0 Å². The minimum absolute atomic E-state index is 0.211. The number of carbonyl (C=O) groups is 1. The summed E-state index contributed by atoms with van der Waals surface area (Å²) in [4.78, 5) is 10.8. The number of allylic oxidation sites excluding steroid dienone is 1. The number of hydrogen-bond acceptors (Lipinski definition) is 5. The lowest BCUT2D eigenvalue weighted by Gasteiger charge is -2.12. The second kappa shape index (κ2) is 8.18. The third kappa shape index (κ3) is 9.94. The highest BCUT2D eigenvalue weighted by Gasteiger charge is 2.13. The molecule has 0 aromatic carbocycles. The maximum absolute atomic E-state index is 10.8. The molecule has 0 bridgehead atoms. The molecule has 1 atom stereocenters. The van der Waals surface area contributed by atoms with Gasteiger partial charge in [-0.2, -0.15) is 8.42 Å². The van der Waals surface area contributed by atoms with Crippen molar-refractivity contribution in [3.63, 3.8) is 0 Å². The number of hydrogen-bond donors (Lipinski definition) is 3. The van der Waals surface area contributed by atoms with Crippen molar-refractivity contribution in [2.45, 2.75) is 33.2 Å². The van der Waals surface area contributed by atoms with Crippen LogP contribution in [0.3, 0.4) is 0 Å². The Morgan fingerprint density at radius 2 is 1.76 bits per heavy atom. The van der Waals surface area contributed by atoms with Crippen molar-refractivity contribution in [1.82, 2.24) is 0 Å². The molecule has 0 aromatic heterocycles. The van der Waals surface area contributed by atoms with E-state index in [0.717, 1.165) is 19.1 Å². The monoisotopic (exact) mass is 268 g/mol. The minimum Gasteiger partial charge on any atom is -0.366 e. The van der Waals surface area contributed by atoms with Gasteiger partial charge in [-0.3, -0.25) is 13.5 Å². The highest BCUT2D eigenvalue weighted by atomic mass is 32.3. The first-order chi connectivity index (χ1) is 7.56. The lowest BCUT2D eigenvalue weighted by atomic mass is 10.0. The molecule has 0 fully saturated rings. The van der Waals surface area contributed by atoms with Crippen LogP contribution in [0.25, 0.3) is 0 Å². The first-order valence-electron chi connectivity index (χ1n) is 4.82. The van der Waals surface area contributed by atoms with E-state index in [2.05, 4.69) is 4.18 Å². The highest BCUT2D eigenvalue weighted by molar-refractivity contribution is 7.80. The SMILES string of the molecule is CCC(N)C(C(N)=O)=C(C)C.COS(=O)(=O)O. The lowest BCUT2D eigenvalue weighted by molar-refractivity contribution is -0.114. The molecule has 8 heteroatoms. The number of carbonyl (C=O) groups excluding carboxylic acids is 1. The number of primary amides is 1. The quantitative estimate of drug-likeness (QED) is 0.485. The zero-order valence-corrected chi connectivity index (χ0v) is 11.2. The summed E-state index contributed by atoms with van der Waals surface area (Å²) < 4.78 is 29.7. The van der Waals surface area contributed by atoms with E-state index in [4.69, 9.17) is 16.0 Å². The third-order valence-electron chi connectivity index (χ3n) is 1.83. The van der Waals surface area contributed by atoms with Gasteiger partial charge in [0.1, 0.15) is 0 Å². The van der Waals surface area contributed by atoms with Crippen molar-refractivity contribution in [1.29, 1.82) is 0 Å². The summed E-state index contributed by atoms with van der Waals surface area (Å²) in [6.45, 7) is 5.61. The molecule has 0 aromatic rings. The standard InChI is InChI=1S/C8H16N2O.CH4O4S/c1-4-6(9)7(5(2)3)8(10)11;1-5-6(2,3)4/h6H,4,9H2,1-3H3,(H2,10,11);1H3,(H,2,3,4). The molecule has 7 nitrogen and oxygen atoms in total. The fraction of sp³-hybridized carbons (Fsp3) is 0.667. The van der Waals surface area contributed by atoms with E-state index >= 15 is 0 Å². The Morgan fingerprint density at radius 1 is 1.41 bits per heavy atom. The summed E-state index contributed by atoms with van der Waals surface area (Å²) in [5.74, 6) is -0.403. The Bertz CT molecular complexity index is 371. The van der Waals surface area contributed by atoms with Crippen molar-refractivity contribution in [2.24, 2.45) is 11.5 Å². The van der Waals surface area contributed by atoms with E-state index in [1.807, 2.05) is 20.8 Å². The van der Waals surface area contributed by atoms with Crippen LogP contribution in [0.1, 0.15) is 27.2 Å². The molecule has 1 unspecified atom stereocenters. The molecule has 0 heterocycles. The van der Waals surface area contributed by atoms with Crippen LogP contribution in [-0.4, -0.2) is 32.0 Å². The molecule has 0 spiro atoms. The molecule has 0 aliphatic carbocycles. The largest absolute Gasteiger partial charge is 0.397 e. The van der Waals surface area contributed by atoms with Gasteiger partial charge in [-0.25, -0.2) is 0 Å². The van der Waals surface area contributed by atoms with E-state index in [1.165, 1.54) is 0 Å². The average molecular weight is 268 g/mol. The van der Waals surface area contributed by atoms with Crippen molar-refractivity contribution in [3.05, 3.63) is 11.1 Å². The molecule has 0 saturated heterocycles. The molecule has 0 saturated carbocycles. The zero-order valence-electron chi connectivity index (χ0n) is 10.4. The predicted octanol–water partition coefficient (Wildman–Crippen LogP) is -0.0190. The topological polar surface area (TPSA) is 133 Å². The molecule has 102 valence electrons. The molecule has 17 heavy (non-hydrogen) atoms. The van der Waals surface area contributed by atoms with E-state index < -0.39 is 16.3 Å². The summed E-state index contributed by atoms with van der Waals surface area (Å²) >= 11 is 0. The molecule has 0 rings (SSSR count). The average Bonchev–Trinajstić information content (AvgIpc) is 2.16. The fourth-order valence-corrected chi connectivity index (χ4v) is 1.00. The van der Waals surface area contributed by atoms with Crippen molar-refractivity contribution in [3.8, 4) is 0 Å². The van der Waals surface area contributed by atoms with Gasteiger partial charge in [0.05, 0.1) is 7.11 Å². The minimum atomic E-state index is -4.16. The Labute approximate surface area is 102 Å². The van der Waals surface area contributed by atoms with Gasteiger partial charge in [-0.1, -0.05) is 12.5 Å². The first-order valence-corrected chi connectivity index (χ1v) is 6.19. The van der Waals surface area contributed by atoms with Crippen LogP contribution in [0.4, 0.5) is 0 Å². The summed E-state index contributed by atoms with van der Waals surface area (Å²) in [5, 5.41) is 0. The highest BCUT2D eigenvalue weighted by Crippen LogP contribution is 2.08. The van der Waals surface area contributed by atoms with Gasteiger partial charge < -0.3 is 11.5 Å². The van der Waals surface area contributed by atoms with Gasteiger partial charge >= 0.3 is 10.4 Å². The maximum atomic E-state index is 10.8. The molecule has 0 aliphatic heterocycles. The molecular weight excluding hydrogens is 248 g/mol. The van der Waals surface area contributed by atoms with E-state index in [-0.39, 0.29) is 6.04 Å². The lowest BCUT2D eigenvalue weighted by Crippen LogP contribution is -2.31. The molecule has 1 amide bonds. The Kier molecular flexibility index (Phi) is 8.85. The molecular formula is C9H20N2O5S. The number of amides is 1. The van der Waals surface area contributed by atoms with Crippen LogP contribution in [0, 0.1) is 0 Å². The van der Waals surface area contributed by atoms with Crippen LogP contribution < -0.4 is 11.5 Å². The van der Waals surface area contributed by atoms with Crippen molar-refractivity contribution in [2.75, 3.05) is 7.11 Å². The van der Waals surface area contributed by atoms with E-state index in [0.29, 0.717) is 5.57 Å². The molecule has 0 aliphatic rings. The smallest absolute Gasteiger partial charge is 0.366 e. The van der Waals surface area contributed by atoms with Crippen molar-refractivity contribution >= 4 is 16.3 Å². The Morgan fingerprint density at radius 3 is 1.82 bits per heavy atom. The predicted molar refractivity (Wildman–Crippen MR) is 64.4 cm³/mol. The van der Waals surface area contributed by atoms with Gasteiger partial charge in [0, 0.05) is 11.6 Å². The summed E-state index contributed by atoms with van der Waals surface area (Å²) in [7, 11) is -3.29. The summed E-state index contributed by atoms with van der Waals surface area (Å²) in [6.07, 6.45) is 0.740. The van der Waals surface area contributed by atoms with E-state index in [9.17, 15) is 13.2 Å². The summed E-state index contributed by atoms with van der Waals surface area (Å²) in [5.41, 5.74) is 12.3. The van der Waals surface area contributed by atoms with Crippen LogP contribution >= 0.6 is 0 Å². The third-order valence-corrected chi connectivity index (χ3v) is 2.25. The number of nitrogens with two attached hydrogens (primary N) is 2. The van der Waals surface area contributed by atoms with Gasteiger partial charge in [-0.15, -0.1) is 0 Å². The van der Waals surface area contributed by atoms with E-state index in [1.54, 1.807) is 0 Å². The first kappa shape index (κ1) is 18.4. The van der Waals surface area contributed by atoms with Gasteiger partial charge in [-0.05, 0) is 20.3 Å². The van der Waals surface area contributed by atoms with Crippen LogP contribution in [0.15, 0.2) is 11.1 Å². The number of rotatable bonds is 4. The molecule has 5 N–H and O–H groups in total.